The van der Waals surface area contributed by atoms with Gasteiger partial charge in [0.25, 0.3) is 5.91 Å². The van der Waals surface area contributed by atoms with Crippen LogP contribution in [0, 0.1) is 0 Å². The summed E-state index contributed by atoms with van der Waals surface area (Å²) in [4.78, 5) is 11.9. The molecule has 0 aromatic heterocycles. The smallest absolute Gasteiger partial charge is 0.253 e. The molecule has 112 valence electrons. The van der Waals surface area contributed by atoms with Gasteiger partial charge in [-0.05, 0) is 18.4 Å². The van der Waals surface area contributed by atoms with E-state index in [1.54, 1.807) is 24.3 Å². The Morgan fingerprint density at radius 2 is 1.85 bits per heavy atom. The third kappa shape index (κ3) is 4.47. The Bertz CT molecular complexity index is 419. The van der Waals surface area contributed by atoms with Crippen molar-refractivity contribution in [2.75, 3.05) is 6.54 Å². The first-order chi connectivity index (χ1) is 9.11. The number of carbonyl (C=O) groups excluding carboxylic acids is 1. The van der Waals surface area contributed by atoms with Crippen LogP contribution in [-0.2, 0) is 4.79 Å². The van der Waals surface area contributed by atoms with E-state index in [0.717, 1.165) is 25.7 Å². The highest BCUT2D eigenvalue weighted by atomic mass is 35.5. The van der Waals surface area contributed by atoms with Crippen LogP contribution in [0.3, 0.4) is 0 Å². The molecule has 1 amide bonds. The van der Waals surface area contributed by atoms with Gasteiger partial charge >= 0.3 is 0 Å². The second-order valence-electron chi connectivity index (χ2n) is 5.45. The quantitative estimate of drug-likeness (QED) is 0.795. The monoisotopic (exact) mass is 298 g/mol. The van der Waals surface area contributed by atoms with Gasteiger partial charge < -0.3 is 16.2 Å². The first-order valence-corrected chi connectivity index (χ1v) is 6.90. The normalized spacial score (nSPS) is 18.7. The maximum Gasteiger partial charge on any atom is 0.253 e. The number of amides is 1. The number of carbonyl (C=O) groups is 1. The third-order valence-corrected chi connectivity index (χ3v) is 3.83. The Kier molecular flexibility index (Phi) is 6.46. The number of hydrogen-bond acceptors (Lipinski definition) is 3. The van der Waals surface area contributed by atoms with Crippen molar-refractivity contribution in [3.63, 3.8) is 0 Å². The van der Waals surface area contributed by atoms with Gasteiger partial charge in [0.2, 0.25) is 0 Å². The molecule has 0 saturated heterocycles. The maximum atomic E-state index is 11.9. The van der Waals surface area contributed by atoms with Gasteiger partial charge in [-0.25, -0.2) is 0 Å². The molecule has 4 N–H and O–H groups in total. The van der Waals surface area contributed by atoms with E-state index in [2.05, 4.69) is 5.32 Å². The highest BCUT2D eigenvalue weighted by molar-refractivity contribution is 5.85. The molecule has 1 atom stereocenters. The minimum absolute atomic E-state index is 0. The fourth-order valence-electron chi connectivity index (χ4n) is 2.58. The summed E-state index contributed by atoms with van der Waals surface area (Å²) in [5, 5.41) is 12.7. The van der Waals surface area contributed by atoms with Gasteiger partial charge in [-0.2, -0.15) is 0 Å². The van der Waals surface area contributed by atoms with Crippen LogP contribution in [0.2, 0.25) is 0 Å². The average Bonchev–Trinajstić information content (AvgIpc) is 2.46. The Morgan fingerprint density at radius 1 is 1.25 bits per heavy atom. The van der Waals surface area contributed by atoms with Gasteiger partial charge in [0, 0.05) is 12.1 Å². The molecule has 1 unspecified atom stereocenters. The molecule has 1 fully saturated rings. The lowest BCUT2D eigenvalue weighted by molar-refractivity contribution is -0.130. The molecule has 1 aliphatic carbocycles. The molecule has 1 aliphatic rings. The van der Waals surface area contributed by atoms with Crippen molar-refractivity contribution in [3.05, 3.63) is 35.9 Å². The van der Waals surface area contributed by atoms with Gasteiger partial charge in [0.1, 0.15) is 0 Å². The van der Waals surface area contributed by atoms with E-state index < -0.39 is 6.10 Å². The van der Waals surface area contributed by atoms with Gasteiger partial charge in [-0.3, -0.25) is 4.79 Å². The topological polar surface area (TPSA) is 75.3 Å². The molecule has 5 heteroatoms. The Labute approximate surface area is 126 Å². The maximum absolute atomic E-state index is 11.9. The molecular weight excluding hydrogens is 276 g/mol. The van der Waals surface area contributed by atoms with E-state index in [-0.39, 0.29) is 23.9 Å². The van der Waals surface area contributed by atoms with Crippen molar-refractivity contribution in [2.45, 2.75) is 43.7 Å². The number of hydrogen-bond donors (Lipinski definition) is 3. The van der Waals surface area contributed by atoms with Crippen LogP contribution in [-0.4, -0.2) is 23.1 Å². The zero-order valence-electron chi connectivity index (χ0n) is 11.5. The first-order valence-electron chi connectivity index (χ1n) is 6.90. The number of aliphatic hydroxyl groups excluding tert-OH is 1. The Balaban J connectivity index is 0.00000200. The van der Waals surface area contributed by atoms with E-state index >= 15 is 0 Å². The van der Waals surface area contributed by atoms with Crippen LogP contribution in [0.1, 0.15) is 43.8 Å². The molecular formula is C15H23ClN2O2. The van der Waals surface area contributed by atoms with E-state index in [4.69, 9.17) is 5.73 Å². The molecule has 2 rings (SSSR count). The molecule has 4 nitrogen and oxygen atoms in total. The number of nitrogens with one attached hydrogen (secondary N) is 1. The van der Waals surface area contributed by atoms with Gasteiger partial charge in [-0.1, -0.05) is 49.6 Å². The third-order valence-electron chi connectivity index (χ3n) is 3.83. The average molecular weight is 299 g/mol. The lowest BCUT2D eigenvalue weighted by Gasteiger charge is -2.33. The number of aliphatic hydroxyl groups is 1. The second kappa shape index (κ2) is 7.62. The van der Waals surface area contributed by atoms with Gasteiger partial charge in [0.05, 0.1) is 0 Å². The molecule has 20 heavy (non-hydrogen) atoms. The predicted octanol–water partition coefficient (Wildman–Crippen LogP) is 1.92. The Hall–Kier alpha value is -1.10. The number of nitrogens with two attached hydrogens (primary N) is 1. The standard InChI is InChI=1S/C15H22N2O2.ClH/c16-15(9-5-2-6-10-15)11-17-14(19)13(18)12-7-3-1-4-8-12;/h1,3-4,7-8,13,18H,2,5-6,9-11,16H2,(H,17,19);1H. The molecule has 1 saturated carbocycles. The first kappa shape index (κ1) is 17.0. The minimum Gasteiger partial charge on any atom is -0.378 e. The predicted molar refractivity (Wildman–Crippen MR) is 81.7 cm³/mol. The molecule has 0 radical (unpaired) electrons. The van der Waals surface area contributed by atoms with Crippen LogP contribution in [0.4, 0.5) is 0 Å². The van der Waals surface area contributed by atoms with E-state index in [1.165, 1.54) is 6.42 Å². The van der Waals surface area contributed by atoms with E-state index in [9.17, 15) is 9.90 Å². The van der Waals surface area contributed by atoms with Crippen LogP contribution in [0.25, 0.3) is 0 Å². The fraction of sp³-hybridized carbons (Fsp3) is 0.533. The van der Waals surface area contributed by atoms with Crippen molar-refractivity contribution >= 4 is 18.3 Å². The van der Waals surface area contributed by atoms with Crippen LogP contribution in [0.15, 0.2) is 30.3 Å². The van der Waals surface area contributed by atoms with Gasteiger partial charge in [-0.15, -0.1) is 12.4 Å². The van der Waals surface area contributed by atoms with Gasteiger partial charge in [0.15, 0.2) is 6.10 Å². The van der Waals surface area contributed by atoms with E-state index in [1.807, 2.05) is 6.07 Å². The van der Waals surface area contributed by atoms with Crippen molar-refractivity contribution in [3.8, 4) is 0 Å². The summed E-state index contributed by atoms with van der Waals surface area (Å²) in [6.07, 6.45) is 4.22. The fourth-order valence-corrected chi connectivity index (χ4v) is 2.58. The minimum atomic E-state index is -1.12. The van der Waals surface area contributed by atoms with E-state index in [0.29, 0.717) is 12.1 Å². The summed E-state index contributed by atoms with van der Waals surface area (Å²) >= 11 is 0. The number of rotatable bonds is 4. The summed E-state index contributed by atoms with van der Waals surface area (Å²) in [7, 11) is 0. The molecule has 1 aromatic rings. The summed E-state index contributed by atoms with van der Waals surface area (Å²) in [6, 6.07) is 8.94. The lowest BCUT2D eigenvalue weighted by Crippen LogP contribution is -2.51. The van der Waals surface area contributed by atoms with Crippen molar-refractivity contribution in [2.24, 2.45) is 5.73 Å². The zero-order valence-corrected chi connectivity index (χ0v) is 12.4. The summed E-state index contributed by atoms with van der Waals surface area (Å²) in [5.41, 5.74) is 6.55. The largest absolute Gasteiger partial charge is 0.378 e. The molecule has 0 aliphatic heterocycles. The van der Waals surface area contributed by atoms with Crippen LogP contribution in [0.5, 0.6) is 0 Å². The molecule has 0 heterocycles. The summed E-state index contributed by atoms with van der Waals surface area (Å²) in [6.45, 7) is 0.440. The SMILES string of the molecule is Cl.NC1(CNC(=O)C(O)c2ccccc2)CCCCC1. The van der Waals surface area contributed by atoms with Crippen molar-refractivity contribution < 1.29 is 9.90 Å². The Morgan fingerprint density at radius 3 is 2.45 bits per heavy atom. The second-order valence-corrected chi connectivity index (χ2v) is 5.45. The molecule has 0 spiro atoms. The van der Waals surface area contributed by atoms with Crippen molar-refractivity contribution in [1.29, 1.82) is 0 Å². The number of halogens is 1. The zero-order chi connectivity index (χ0) is 13.7. The molecule has 0 bridgehead atoms. The molecule has 1 aromatic carbocycles. The summed E-state index contributed by atoms with van der Waals surface area (Å²) in [5.74, 6) is -0.374. The lowest BCUT2D eigenvalue weighted by atomic mass is 9.82. The summed E-state index contributed by atoms with van der Waals surface area (Å²) < 4.78 is 0. The highest BCUT2D eigenvalue weighted by Gasteiger charge is 2.28. The van der Waals surface area contributed by atoms with Crippen LogP contribution < -0.4 is 11.1 Å². The number of benzene rings is 1. The highest BCUT2D eigenvalue weighted by Crippen LogP contribution is 2.25. The van der Waals surface area contributed by atoms with Crippen LogP contribution >= 0.6 is 12.4 Å². The van der Waals surface area contributed by atoms with Crippen molar-refractivity contribution in [1.82, 2.24) is 5.32 Å².